The van der Waals surface area contributed by atoms with Gasteiger partial charge in [0.2, 0.25) is 5.91 Å². The standard InChI is InChI=1S/C21H17N3O5S/c1-28-19-13-15(24(26)27)7-10-17(19)22-21(30)23-20(25)12-9-16-8-11-18(29-16)14-5-3-2-4-6-14/h2-13H,1H3,(H2,22,23,25,30)/b12-9+. The Hall–Kier alpha value is -3.98. The van der Waals surface area contributed by atoms with Gasteiger partial charge in [-0.25, -0.2) is 0 Å². The van der Waals surface area contributed by atoms with E-state index >= 15 is 0 Å². The molecular formula is C21H17N3O5S. The predicted octanol–water partition coefficient (Wildman–Crippen LogP) is 4.39. The molecular weight excluding hydrogens is 406 g/mol. The average Bonchev–Trinajstić information content (AvgIpc) is 3.22. The molecule has 3 rings (SSSR count). The number of non-ortho nitro benzene ring substituents is 1. The highest BCUT2D eigenvalue weighted by atomic mass is 32.1. The fourth-order valence-electron chi connectivity index (χ4n) is 2.56. The van der Waals surface area contributed by atoms with Gasteiger partial charge in [0.25, 0.3) is 5.69 Å². The van der Waals surface area contributed by atoms with Crippen molar-refractivity contribution in [1.82, 2.24) is 5.32 Å². The van der Waals surface area contributed by atoms with Crippen LogP contribution < -0.4 is 15.4 Å². The molecule has 1 aromatic heterocycles. The van der Waals surface area contributed by atoms with Crippen LogP contribution in [0, 0.1) is 10.1 Å². The van der Waals surface area contributed by atoms with Crippen LogP contribution in [0.2, 0.25) is 0 Å². The van der Waals surface area contributed by atoms with Crippen molar-refractivity contribution in [1.29, 1.82) is 0 Å². The molecule has 0 unspecified atom stereocenters. The topological polar surface area (TPSA) is 107 Å². The molecule has 0 aliphatic carbocycles. The van der Waals surface area contributed by atoms with E-state index in [1.54, 1.807) is 6.07 Å². The number of methoxy groups -OCH3 is 1. The van der Waals surface area contributed by atoms with Crippen LogP contribution in [-0.2, 0) is 4.79 Å². The Morgan fingerprint density at radius 3 is 2.63 bits per heavy atom. The van der Waals surface area contributed by atoms with Crippen molar-refractivity contribution in [3.05, 3.63) is 82.6 Å². The van der Waals surface area contributed by atoms with Gasteiger partial charge in [-0.1, -0.05) is 30.3 Å². The van der Waals surface area contributed by atoms with Crippen molar-refractivity contribution in [2.45, 2.75) is 0 Å². The van der Waals surface area contributed by atoms with Gasteiger partial charge in [-0.05, 0) is 36.5 Å². The zero-order valence-electron chi connectivity index (χ0n) is 15.8. The van der Waals surface area contributed by atoms with Crippen molar-refractivity contribution >= 4 is 40.7 Å². The number of thiocarbonyl (C=S) groups is 1. The van der Waals surface area contributed by atoms with Crippen LogP contribution in [-0.4, -0.2) is 23.1 Å². The summed E-state index contributed by atoms with van der Waals surface area (Å²) in [5.41, 5.74) is 1.20. The maximum Gasteiger partial charge on any atom is 0.273 e. The number of nitrogens with one attached hydrogen (secondary N) is 2. The van der Waals surface area contributed by atoms with Gasteiger partial charge in [0.05, 0.1) is 23.8 Å². The van der Waals surface area contributed by atoms with E-state index in [0.717, 1.165) is 5.56 Å². The van der Waals surface area contributed by atoms with Gasteiger partial charge in [-0.2, -0.15) is 0 Å². The Morgan fingerprint density at radius 2 is 1.93 bits per heavy atom. The molecule has 2 N–H and O–H groups in total. The predicted molar refractivity (Wildman–Crippen MR) is 117 cm³/mol. The van der Waals surface area contributed by atoms with Crippen LogP contribution in [0.5, 0.6) is 5.75 Å². The van der Waals surface area contributed by atoms with Gasteiger partial charge in [0.15, 0.2) is 5.11 Å². The van der Waals surface area contributed by atoms with Crippen LogP contribution in [0.3, 0.4) is 0 Å². The summed E-state index contributed by atoms with van der Waals surface area (Å²) < 4.78 is 10.8. The van der Waals surface area contributed by atoms with Crippen LogP contribution >= 0.6 is 12.2 Å². The molecule has 0 radical (unpaired) electrons. The number of amides is 1. The Labute approximate surface area is 177 Å². The fraction of sp³-hybridized carbons (Fsp3) is 0.0476. The molecule has 152 valence electrons. The second-order valence-electron chi connectivity index (χ2n) is 5.99. The number of nitrogens with zero attached hydrogens (tertiary/aromatic N) is 1. The summed E-state index contributed by atoms with van der Waals surface area (Å²) >= 11 is 5.11. The molecule has 0 atom stereocenters. The first-order chi connectivity index (χ1) is 14.5. The molecule has 2 aromatic carbocycles. The van der Waals surface area contributed by atoms with Crippen molar-refractivity contribution in [2.75, 3.05) is 12.4 Å². The van der Waals surface area contributed by atoms with Crippen molar-refractivity contribution in [3.63, 3.8) is 0 Å². The number of furan rings is 1. The monoisotopic (exact) mass is 423 g/mol. The summed E-state index contributed by atoms with van der Waals surface area (Å²) in [5.74, 6) is 0.962. The summed E-state index contributed by atoms with van der Waals surface area (Å²) in [6, 6.07) is 17.2. The number of carbonyl (C=O) groups excluding carboxylic acids is 1. The molecule has 0 aliphatic heterocycles. The molecule has 0 bridgehead atoms. The number of ether oxygens (including phenoxy) is 1. The van der Waals surface area contributed by atoms with Crippen LogP contribution in [0.4, 0.5) is 11.4 Å². The maximum absolute atomic E-state index is 12.1. The van der Waals surface area contributed by atoms with E-state index in [1.807, 2.05) is 36.4 Å². The van der Waals surface area contributed by atoms with E-state index in [2.05, 4.69) is 10.6 Å². The normalized spacial score (nSPS) is 10.6. The highest BCUT2D eigenvalue weighted by Gasteiger charge is 2.13. The van der Waals surface area contributed by atoms with Crippen molar-refractivity contribution < 1.29 is 18.9 Å². The van der Waals surface area contributed by atoms with E-state index < -0.39 is 10.8 Å². The molecule has 0 saturated carbocycles. The minimum absolute atomic E-state index is 0.0150. The molecule has 3 aromatic rings. The summed E-state index contributed by atoms with van der Waals surface area (Å²) in [4.78, 5) is 22.4. The summed E-state index contributed by atoms with van der Waals surface area (Å²) in [6.07, 6.45) is 2.81. The molecule has 0 aliphatic rings. The number of carbonyl (C=O) groups is 1. The summed E-state index contributed by atoms with van der Waals surface area (Å²) in [7, 11) is 1.38. The van der Waals surface area contributed by atoms with E-state index in [0.29, 0.717) is 17.2 Å². The van der Waals surface area contributed by atoms with E-state index in [1.165, 1.54) is 37.5 Å². The van der Waals surface area contributed by atoms with Crippen LogP contribution in [0.25, 0.3) is 17.4 Å². The van der Waals surface area contributed by atoms with Gasteiger partial charge in [-0.15, -0.1) is 0 Å². The summed E-state index contributed by atoms with van der Waals surface area (Å²) in [5, 5.41) is 16.1. The van der Waals surface area contributed by atoms with Gasteiger partial charge in [-0.3, -0.25) is 20.2 Å². The van der Waals surface area contributed by atoms with Gasteiger partial charge < -0.3 is 14.5 Å². The van der Waals surface area contributed by atoms with E-state index in [-0.39, 0.29) is 16.5 Å². The molecule has 8 nitrogen and oxygen atoms in total. The quantitative estimate of drug-likeness (QED) is 0.262. The lowest BCUT2D eigenvalue weighted by atomic mass is 10.2. The Bertz CT molecular complexity index is 1110. The lowest BCUT2D eigenvalue weighted by molar-refractivity contribution is -0.384. The largest absolute Gasteiger partial charge is 0.494 e. The number of nitro groups is 1. The molecule has 0 spiro atoms. The lowest BCUT2D eigenvalue weighted by Crippen LogP contribution is -2.32. The zero-order valence-corrected chi connectivity index (χ0v) is 16.6. The molecule has 1 amide bonds. The van der Waals surface area contributed by atoms with Crippen LogP contribution in [0.15, 0.2) is 71.2 Å². The third-order valence-electron chi connectivity index (χ3n) is 3.96. The zero-order chi connectivity index (χ0) is 21.5. The van der Waals surface area contributed by atoms with Crippen LogP contribution in [0.1, 0.15) is 5.76 Å². The second kappa shape index (κ2) is 9.48. The number of hydrogen-bond donors (Lipinski definition) is 2. The molecule has 30 heavy (non-hydrogen) atoms. The highest BCUT2D eigenvalue weighted by Crippen LogP contribution is 2.29. The average molecular weight is 423 g/mol. The first-order valence-electron chi connectivity index (χ1n) is 8.74. The number of nitro benzene ring substituents is 1. The first kappa shape index (κ1) is 20.7. The van der Waals surface area contributed by atoms with Gasteiger partial charge >= 0.3 is 0 Å². The number of anilines is 1. The lowest BCUT2D eigenvalue weighted by Gasteiger charge is -2.11. The van der Waals surface area contributed by atoms with Crippen molar-refractivity contribution in [2.24, 2.45) is 0 Å². The van der Waals surface area contributed by atoms with E-state index in [9.17, 15) is 14.9 Å². The highest BCUT2D eigenvalue weighted by molar-refractivity contribution is 7.80. The first-order valence-corrected chi connectivity index (χ1v) is 9.15. The second-order valence-corrected chi connectivity index (χ2v) is 6.39. The summed E-state index contributed by atoms with van der Waals surface area (Å²) in [6.45, 7) is 0. The number of benzene rings is 2. The molecule has 0 saturated heterocycles. The van der Waals surface area contributed by atoms with Gasteiger partial charge in [0.1, 0.15) is 17.3 Å². The third-order valence-corrected chi connectivity index (χ3v) is 4.17. The third kappa shape index (κ3) is 5.30. The Balaban J connectivity index is 1.59. The minimum atomic E-state index is -0.533. The maximum atomic E-state index is 12.1. The van der Waals surface area contributed by atoms with Gasteiger partial charge in [0, 0.05) is 17.7 Å². The molecule has 1 heterocycles. The number of hydrogen-bond acceptors (Lipinski definition) is 6. The van der Waals surface area contributed by atoms with Crippen molar-refractivity contribution in [3.8, 4) is 17.1 Å². The fourth-order valence-corrected chi connectivity index (χ4v) is 2.77. The number of rotatable bonds is 6. The Morgan fingerprint density at radius 1 is 1.17 bits per heavy atom. The molecule has 9 heteroatoms. The van der Waals surface area contributed by atoms with E-state index in [4.69, 9.17) is 21.4 Å². The SMILES string of the molecule is COc1cc([N+](=O)[O-])ccc1NC(=S)NC(=O)/C=C/c1ccc(-c2ccccc2)o1. The smallest absolute Gasteiger partial charge is 0.273 e. The Kier molecular flexibility index (Phi) is 6.56. The molecule has 0 fully saturated rings. The minimum Gasteiger partial charge on any atom is -0.494 e.